The predicted octanol–water partition coefficient (Wildman–Crippen LogP) is 3.09. The minimum atomic E-state index is -2.65. The number of alkyl halides is 2. The molecule has 4 heterocycles. The molecule has 0 bridgehead atoms. The summed E-state index contributed by atoms with van der Waals surface area (Å²) in [5.74, 6) is 1.68. The maximum Gasteiger partial charge on any atom is 0.267 e. The third-order valence-electron chi connectivity index (χ3n) is 6.43. The van der Waals surface area contributed by atoms with Gasteiger partial charge in [0.25, 0.3) is 6.43 Å². The van der Waals surface area contributed by atoms with E-state index in [2.05, 4.69) is 29.8 Å². The number of hydrogen-bond donors (Lipinski definition) is 1. The lowest BCUT2D eigenvalue weighted by molar-refractivity contribution is -0.0610. The van der Waals surface area contributed by atoms with Crippen molar-refractivity contribution in [2.75, 3.05) is 32.0 Å². The summed E-state index contributed by atoms with van der Waals surface area (Å²) in [5, 5.41) is 4.74. The lowest BCUT2D eigenvalue weighted by atomic mass is 10.1. The van der Waals surface area contributed by atoms with E-state index in [0.717, 1.165) is 26.3 Å². The highest BCUT2D eigenvalue weighted by molar-refractivity contribution is 5.62. The van der Waals surface area contributed by atoms with Crippen LogP contribution < -0.4 is 5.73 Å². The highest BCUT2D eigenvalue weighted by Gasteiger charge is 2.58. The summed E-state index contributed by atoms with van der Waals surface area (Å²) in [6, 6.07) is 4.27. The molecule has 0 spiro atoms. The fourth-order valence-corrected chi connectivity index (χ4v) is 4.75. The lowest BCUT2D eigenvalue weighted by Crippen LogP contribution is -2.48. The number of ether oxygens (including phenoxy) is 1. The number of aromatic nitrogens is 3. The van der Waals surface area contributed by atoms with Crippen molar-refractivity contribution in [2.24, 2.45) is 11.8 Å². The first kappa shape index (κ1) is 18.0. The zero-order valence-corrected chi connectivity index (χ0v) is 16.1. The number of anilines is 1. The highest BCUT2D eigenvalue weighted by Crippen LogP contribution is 2.59. The molecule has 28 heavy (non-hydrogen) atoms. The smallest absolute Gasteiger partial charge is 0.267 e. The molecule has 3 aliphatic rings. The van der Waals surface area contributed by atoms with Crippen LogP contribution in [0.1, 0.15) is 43.5 Å². The molecular weight excluding hydrogens is 364 g/mol. The third kappa shape index (κ3) is 2.81. The SMILES string of the molecule is CC(C)n1nc(-c2cnc(N)c(C(F)F)c2)cc1[C@H]1[C@@H]2CN(C3COC3)C[C@@H]21. The van der Waals surface area contributed by atoms with Crippen molar-refractivity contribution < 1.29 is 13.5 Å². The zero-order chi connectivity index (χ0) is 19.6. The summed E-state index contributed by atoms with van der Waals surface area (Å²) < 4.78 is 33.8. The van der Waals surface area contributed by atoms with Gasteiger partial charge in [-0.05, 0) is 37.8 Å². The third-order valence-corrected chi connectivity index (χ3v) is 6.43. The van der Waals surface area contributed by atoms with Crippen LogP contribution in [-0.2, 0) is 4.74 Å². The molecule has 0 unspecified atom stereocenters. The maximum absolute atomic E-state index is 13.2. The van der Waals surface area contributed by atoms with Gasteiger partial charge in [-0.1, -0.05) is 0 Å². The number of rotatable bonds is 5. The van der Waals surface area contributed by atoms with Crippen LogP contribution in [0.5, 0.6) is 0 Å². The molecule has 2 aliphatic heterocycles. The number of piperidine rings is 1. The van der Waals surface area contributed by atoms with Gasteiger partial charge in [-0.15, -0.1) is 0 Å². The number of pyridine rings is 1. The first-order valence-corrected chi connectivity index (χ1v) is 9.89. The molecule has 5 rings (SSSR count). The minimum absolute atomic E-state index is 0.126. The van der Waals surface area contributed by atoms with Gasteiger partial charge >= 0.3 is 0 Å². The van der Waals surface area contributed by atoms with Gasteiger partial charge in [0.15, 0.2) is 0 Å². The summed E-state index contributed by atoms with van der Waals surface area (Å²) in [4.78, 5) is 6.50. The molecule has 0 aromatic carbocycles. The molecule has 2 N–H and O–H groups in total. The summed E-state index contributed by atoms with van der Waals surface area (Å²) in [7, 11) is 0. The molecule has 150 valence electrons. The van der Waals surface area contributed by atoms with E-state index in [1.807, 2.05) is 4.68 Å². The van der Waals surface area contributed by atoms with Crippen LogP contribution in [0, 0.1) is 11.8 Å². The van der Waals surface area contributed by atoms with E-state index in [-0.39, 0.29) is 17.4 Å². The normalized spacial score (nSPS) is 27.4. The van der Waals surface area contributed by atoms with Gasteiger partial charge in [0, 0.05) is 42.5 Å². The summed E-state index contributed by atoms with van der Waals surface area (Å²) in [6.45, 7) is 8.13. The number of fused-ring (bicyclic) bond motifs is 1. The van der Waals surface area contributed by atoms with Gasteiger partial charge in [0.05, 0.1) is 30.5 Å². The first-order valence-electron chi connectivity index (χ1n) is 9.89. The van der Waals surface area contributed by atoms with Crippen molar-refractivity contribution >= 4 is 5.82 Å². The zero-order valence-electron chi connectivity index (χ0n) is 16.1. The molecule has 2 aromatic rings. The Hall–Kier alpha value is -2.06. The summed E-state index contributed by atoms with van der Waals surface area (Å²) >= 11 is 0. The molecule has 2 aromatic heterocycles. The molecular formula is C20H25F2N5O. The second kappa shape index (κ2) is 6.49. The van der Waals surface area contributed by atoms with Crippen molar-refractivity contribution in [3.63, 3.8) is 0 Å². The Bertz CT molecular complexity index is 883. The highest BCUT2D eigenvalue weighted by atomic mass is 19.3. The molecule has 3 atom stereocenters. The van der Waals surface area contributed by atoms with E-state index in [1.54, 1.807) is 0 Å². The van der Waals surface area contributed by atoms with Crippen molar-refractivity contribution in [1.29, 1.82) is 0 Å². The van der Waals surface area contributed by atoms with Crippen LogP contribution in [0.15, 0.2) is 18.3 Å². The van der Waals surface area contributed by atoms with Gasteiger partial charge in [-0.25, -0.2) is 13.8 Å². The van der Waals surface area contributed by atoms with E-state index in [4.69, 9.17) is 15.6 Å². The number of nitrogens with zero attached hydrogens (tertiary/aromatic N) is 4. The first-order chi connectivity index (χ1) is 13.4. The Kier molecular flexibility index (Phi) is 4.17. The van der Waals surface area contributed by atoms with Gasteiger partial charge in [0.1, 0.15) is 5.82 Å². The molecule has 2 saturated heterocycles. The monoisotopic (exact) mass is 389 g/mol. The van der Waals surface area contributed by atoms with Crippen LogP contribution in [0.2, 0.25) is 0 Å². The van der Waals surface area contributed by atoms with Crippen molar-refractivity contribution in [1.82, 2.24) is 19.7 Å². The van der Waals surface area contributed by atoms with E-state index >= 15 is 0 Å². The van der Waals surface area contributed by atoms with Gasteiger partial charge in [-0.3, -0.25) is 9.58 Å². The average Bonchev–Trinajstić information content (AvgIpc) is 2.97. The van der Waals surface area contributed by atoms with E-state index < -0.39 is 6.43 Å². The minimum Gasteiger partial charge on any atom is -0.383 e. The van der Waals surface area contributed by atoms with Crippen molar-refractivity contribution in [3.05, 3.63) is 29.6 Å². The van der Waals surface area contributed by atoms with Crippen LogP contribution in [0.4, 0.5) is 14.6 Å². The maximum atomic E-state index is 13.2. The van der Waals surface area contributed by atoms with E-state index in [1.165, 1.54) is 18.0 Å². The number of nitrogens with two attached hydrogens (primary N) is 1. The predicted molar refractivity (Wildman–Crippen MR) is 101 cm³/mol. The Balaban J connectivity index is 1.42. The molecule has 6 nitrogen and oxygen atoms in total. The fraction of sp³-hybridized carbons (Fsp3) is 0.600. The number of halogens is 2. The summed E-state index contributed by atoms with van der Waals surface area (Å²) in [6.07, 6.45) is -1.12. The van der Waals surface area contributed by atoms with E-state index in [9.17, 15) is 8.78 Å². The van der Waals surface area contributed by atoms with E-state index in [0.29, 0.717) is 35.1 Å². The molecule has 1 aliphatic carbocycles. The average molecular weight is 389 g/mol. The van der Waals surface area contributed by atoms with Crippen LogP contribution in [0.25, 0.3) is 11.3 Å². The quantitative estimate of drug-likeness (QED) is 0.851. The van der Waals surface area contributed by atoms with Crippen LogP contribution >= 0.6 is 0 Å². The van der Waals surface area contributed by atoms with Crippen molar-refractivity contribution in [2.45, 2.75) is 38.3 Å². The second-order valence-electron chi connectivity index (χ2n) is 8.49. The Labute approximate surface area is 162 Å². The Morgan fingerprint density at radius 3 is 2.46 bits per heavy atom. The topological polar surface area (TPSA) is 69.2 Å². The molecule has 0 amide bonds. The largest absolute Gasteiger partial charge is 0.383 e. The number of nitrogen functional groups attached to an aromatic ring is 1. The standard InChI is InChI=1S/C20H25F2N5O/c1-10(2)27-17(18-14-6-26(7-15(14)18)12-8-28-9-12)4-16(25-27)11-3-13(19(21)22)20(23)24-5-11/h3-5,10,12,14-15,18-19H,6-9H2,1-2H3,(H2,23,24)/t14-,15+,18+. The summed E-state index contributed by atoms with van der Waals surface area (Å²) in [5.41, 5.74) is 7.84. The van der Waals surface area contributed by atoms with Crippen LogP contribution in [-0.4, -0.2) is 52.0 Å². The second-order valence-corrected chi connectivity index (χ2v) is 8.49. The Morgan fingerprint density at radius 1 is 1.18 bits per heavy atom. The van der Waals surface area contributed by atoms with Gasteiger partial charge < -0.3 is 10.5 Å². The Morgan fingerprint density at radius 2 is 1.89 bits per heavy atom. The lowest BCUT2D eigenvalue weighted by Gasteiger charge is -2.35. The van der Waals surface area contributed by atoms with Gasteiger partial charge in [0.2, 0.25) is 0 Å². The molecule has 8 heteroatoms. The van der Waals surface area contributed by atoms with Crippen molar-refractivity contribution in [3.8, 4) is 11.3 Å². The number of hydrogen-bond acceptors (Lipinski definition) is 5. The fourth-order valence-electron chi connectivity index (χ4n) is 4.75. The van der Waals surface area contributed by atoms with Gasteiger partial charge in [-0.2, -0.15) is 5.10 Å². The molecule has 3 fully saturated rings. The molecule has 0 radical (unpaired) electrons. The van der Waals surface area contributed by atoms with Crippen LogP contribution in [0.3, 0.4) is 0 Å². The molecule has 1 saturated carbocycles. The number of likely N-dealkylation sites (tertiary alicyclic amines) is 1.